The molecule has 1 aromatic carbocycles. The lowest BCUT2D eigenvalue weighted by molar-refractivity contribution is -0.133. The second-order valence-electron chi connectivity index (χ2n) is 6.14. The first-order valence-electron chi connectivity index (χ1n) is 8.34. The molecule has 0 atom stereocenters. The Bertz CT molecular complexity index is 700. The summed E-state index contributed by atoms with van der Waals surface area (Å²) in [5.41, 5.74) is 1.01. The number of carbonyl (C=O) groups excluding carboxylic acids is 1. The lowest BCUT2D eigenvalue weighted by Gasteiger charge is -2.35. The lowest BCUT2D eigenvalue weighted by atomic mass is 10.3. The third-order valence-corrected chi connectivity index (χ3v) is 4.21. The summed E-state index contributed by atoms with van der Waals surface area (Å²) in [6.07, 6.45) is 1.74. The molecule has 1 aliphatic heterocycles. The Morgan fingerprint density at radius 2 is 1.88 bits per heavy atom. The van der Waals surface area contributed by atoms with Gasteiger partial charge in [-0.3, -0.25) is 4.79 Å². The smallest absolute Gasteiger partial charge is 0.260 e. The number of para-hydroxylation sites is 1. The Morgan fingerprint density at radius 3 is 2.56 bits per heavy atom. The Morgan fingerprint density at radius 1 is 1.16 bits per heavy atom. The van der Waals surface area contributed by atoms with Crippen LogP contribution in [0.5, 0.6) is 5.75 Å². The van der Waals surface area contributed by atoms with E-state index in [0.29, 0.717) is 18.8 Å². The summed E-state index contributed by atoms with van der Waals surface area (Å²) in [7, 11) is 3.95. The van der Waals surface area contributed by atoms with Gasteiger partial charge in [0.25, 0.3) is 5.91 Å². The van der Waals surface area contributed by atoms with Crippen LogP contribution in [-0.4, -0.2) is 67.9 Å². The number of hydrogen-bond donors (Lipinski definition) is 0. The van der Waals surface area contributed by atoms with Crippen LogP contribution in [-0.2, 0) is 4.79 Å². The van der Waals surface area contributed by atoms with Crippen LogP contribution in [0.2, 0.25) is 0 Å². The molecule has 1 aromatic heterocycles. The predicted molar refractivity (Wildman–Crippen MR) is 97.1 cm³/mol. The van der Waals surface area contributed by atoms with Gasteiger partial charge in [0.15, 0.2) is 12.4 Å². The summed E-state index contributed by atoms with van der Waals surface area (Å²) < 4.78 is 5.54. The van der Waals surface area contributed by atoms with Crippen molar-refractivity contribution in [1.29, 1.82) is 0 Å². The maximum Gasteiger partial charge on any atom is 0.260 e. The number of hydrogen-bond acceptors (Lipinski definition) is 6. The van der Waals surface area contributed by atoms with E-state index in [-0.39, 0.29) is 12.5 Å². The summed E-state index contributed by atoms with van der Waals surface area (Å²) in [6.45, 7) is 2.86. The second-order valence-corrected chi connectivity index (χ2v) is 6.14. The van der Waals surface area contributed by atoms with Crippen molar-refractivity contribution >= 4 is 17.4 Å². The van der Waals surface area contributed by atoms with Crippen LogP contribution in [0.1, 0.15) is 0 Å². The van der Waals surface area contributed by atoms with Crippen molar-refractivity contribution < 1.29 is 9.53 Å². The van der Waals surface area contributed by atoms with Crippen LogP contribution in [0.3, 0.4) is 0 Å². The molecule has 1 aliphatic rings. The van der Waals surface area contributed by atoms with Crippen LogP contribution >= 0.6 is 0 Å². The molecule has 0 N–H and O–H groups in total. The van der Waals surface area contributed by atoms with Gasteiger partial charge in [-0.05, 0) is 12.1 Å². The van der Waals surface area contributed by atoms with Gasteiger partial charge in [-0.1, -0.05) is 18.2 Å². The van der Waals surface area contributed by atoms with Crippen molar-refractivity contribution in [2.45, 2.75) is 0 Å². The van der Waals surface area contributed by atoms with Gasteiger partial charge < -0.3 is 19.4 Å². The third-order valence-electron chi connectivity index (χ3n) is 4.21. The summed E-state index contributed by atoms with van der Waals surface area (Å²) in [5, 5.41) is 8.28. The highest BCUT2D eigenvalue weighted by Crippen LogP contribution is 2.18. The van der Waals surface area contributed by atoms with Crippen molar-refractivity contribution in [3.8, 4) is 5.75 Å². The highest BCUT2D eigenvalue weighted by molar-refractivity contribution is 5.78. The second kappa shape index (κ2) is 7.83. The summed E-state index contributed by atoms with van der Waals surface area (Å²) >= 11 is 0. The fourth-order valence-electron chi connectivity index (χ4n) is 2.68. The van der Waals surface area contributed by atoms with Crippen LogP contribution in [0.4, 0.5) is 11.5 Å². The first-order valence-corrected chi connectivity index (χ1v) is 8.34. The fourth-order valence-corrected chi connectivity index (χ4v) is 2.68. The Kier molecular flexibility index (Phi) is 5.33. The minimum atomic E-state index is 0.0108. The molecule has 1 fully saturated rings. The number of rotatable bonds is 5. The van der Waals surface area contributed by atoms with Gasteiger partial charge in [-0.15, -0.1) is 5.10 Å². The molecule has 0 aliphatic carbocycles. The van der Waals surface area contributed by atoms with Crippen LogP contribution in [0.15, 0.2) is 42.6 Å². The molecule has 0 saturated carbocycles. The predicted octanol–water partition coefficient (Wildman–Crippen LogP) is 1.27. The number of aromatic nitrogens is 2. The molecule has 132 valence electrons. The average Bonchev–Trinajstić information content (AvgIpc) is 2.67. The number of carbonyl (C=O) groups is 1. The van der Waals surface area contributed by atoms with Crippen molar-refractivity contribution in [2.75, 3.05) is 56.7 Å². The fraction of sp³-hybridized carbons (Fsp3) is 0.389. The van der Waals surface area contributed by atoms with Gasteiger partial charge >= 0.3 is 0 Å². The molecule has 1 amide bonds. The van der Waals surface area contributed by atoms with Gasteiger partial charge in [-0.25, -0.2) is 0 Å². The zero-order chi connectivity index (χ0) is 17.6. The number of amides is 1. The maximum absolute atomic E-state index is 12.3. The molecule has 0 spiro atoms. The molecule has 2 heterocycles. The Balaban J connectivity index is 1.51. The standard InChI is InChI=1S/C18H23N5O2/c1-21(2)15-12-17(20-19-13-15)22-8-10-23(11-9-22)18(24)14-25-16-6-4-3-5-7-16/h3-7,12-13H,8-11,14H2,1-2H3. The van der Waals surface area contributed by atoms with Crippen molar-refractivity contribution in [1.82, 2.24) is 15.1 Å². The van der Waals surface area contributed by atoms with E-state index in [0.717, 1.165) is 24.6 Å². The minimum Gasteiger partial charge on any atom is -0.484 e. The largest absolute Gasteiger partial charge is 0.484 e. The number of ether oxygens (including phenoxy) is 1. The van der Waals surface area contributed by atoms with Crippen LogP contribution in [0.25, 0.3) is 0 Å². The number of anilines is 2. The van der Waals surface area contributed by atoms with E-state index in [4.69, 9.17) is 4.74 Å². The van der Waals surface area contributed by atoms with E-state index in [1.807, 2.05) is 60.3 Å². The van der Waals surface area contributed by atoms with Crippen LogP contribution in [0, 0.1) is 0 Å². The normalized spacial score (nSPS) is 14.3. The highest BCUT2D eigenvalue weighted by Gasteiger charge is 2.22. The molecule has 0 radical (unpaired) electrons. The first-order chi connectivity index (χ1) is 12.1. The Labute approximate surface area is 147 Å². The van der Waals surface area contributed by atoms with E-state index >= 15 is 0 Å². The van der Waals surface area contributed by atoms with Gasteiger partial charge in [-0.2, -0.15) is 5.10 Å². The van der Waals surface area contributed by atoms with Gasteiger partial charge in [0.05, 0.1) is 11.9 Å². The maximum atomic E-state index is 12.3. The SMILES string of the molecule is CN(C)c1cnnc(N2CCN(C(=O)COc3ccccc3)CC2)c1. The summed E-state index contributed by atoms with van der Waals surface area (Å²) in [5.74, 6) is 1.57. The zero-order valence-corrected chi connectivity index (χ0v) is 14.6. The Hall–Kier alpha value is -2.83. The van der Waals surface area contributed by atoms with Crippen LogP contribution < -0.4 is 14.5 Å². The average molecular weight is 341 g/mol. The molecule has 7 heteroatoms. The molecule has 3 rings (SSSR count). The summed E-state index contributed by atoms with van der Waals surface area (Å²) in [4.78, 5) is 18.3. The first kappa shape index (κ1) is 17.0. The number of nitrogens with zero attached hydrogens (tertiary/aromatic N) is 5. The lowest BCUT2D eigenvalue weighted by Crippen LogP contribution is -2.50. The van der Waals surface area contributed by atoms with Gasteiger partial charge in [0, 0.05) is 46.3 Å². The summed E-state index contributed by atoms with van der Waals surface area (Å²) in [6, 6.07) is 11.4. The third kappa shape index (κ3) is 4.37. The van der Waals surface area contributed by atoms with Crippen molar-refractivity contribution in [3.05, 3.63) is 42.6 Å². The highest BCUT2D eigenvalue weighted by atomic mass is 16.5. The molecule has 1 saturated heterocycles. The molecule has 25 heavy (non-hydrogen) atoms. The topological polar surface area (TPSA) is 61.8 Å². The minimum absolute atomic E-state index is 0.0108. The molecular weight excluding hydrogens is 318 g/mol. The number of benzene rings is 1. The number of piperazine rings is 1. The van der Waals surface area contributed by atoms with Crippen molar-refractivity contribution in [2.24, 2.45) is 0 Å². The molecule has 0 unspecified atom stereocenters. The van der Waals surface area contributed by atoms with Gasteiger partial charge in [0.2, 0.25) is 0 Å². The quantitative estimate of drug-likeness (QED) is 0.816. The van der Waals surface area contributed by atoms with E-state index in [1.54, 1.807) is 6.20 Å². The van der Waals surface area contributed by atoms with E-state index in [2.05, 4.69) is 15.1 Å². The zero-order valence-electron chi connectivity index (χ0n) is 14.6. The van der Waals surface area contributed by atoms with E-state index < -0.39 is 0 Å². The van der Waals surface area contributed by atoms with E-state index in [9.17, 15) is 4.79 Å². The monoisotopic (exact) mass is 341 g/mol. The van der Waals surface area contributed by atoms with Gasteiger partial charge in [0.1, 0.15) is 5.75 Å². The van der Waals surface area contributed by atoms with Crippen molar-refractivity contribution in [3.63, 3.8) is 0 Å². The van der Waals surface area contributed by atoms with E-state index in [1.165, 1.54) is 0 Å². The molecule has 7 nitrogen and oxygen atoms in total. The molecule has 2 aromatic rings. The molecular formula is C18H23N5O2. The molecule has 0 bridgehead atoms.